The number of alkyl halides is 3. The third-order valence-corrected chi connectivity index (χ3v) is 2.54. The molecule has 0 aliphatic carbocycles. The van der Waals surface area contributed by atoms with Gasteiger partial charge < -0.3 is 10.1 Å². The van der Waals surface area contributed by atoms with Gasteiger partial charge in [0.2, 0.25) is 0 Å². The molecule has 0 amide bonds. The summed E-state index contributed by atoms with van der Waals surface area (Å²) in [4.78, 5) is 9.94. The van der Waals surface area contributed by atoms with E-state index in [4.69, 9.17) is 4.74 Å². The summed E-state index contributed by atoms with van der Waals surface area (Å²) in [7, 11) is 0. The second-order valence-corrected chi connectivity index (χ2v) is 4.26. The lowest BCUT2D eigenvalue weighted by Crippen LogP contribution is -2.19. The van der Waals surface area contributed by atoms with E-state index in [1.807, 2.05) is 6.92 Å². The topological polar surface area (TPSA) is 64.4 Å². The highest BCUT2D eigenvalue weighted by Gasteiger charge is 2.33. The fraction of sp³-hybridized carbons (Fsp3) is 0.385. The summed E-state index contributed by atoms with van der Waals surface area (Å²) in [6, 6.07) is 2.15. The molecule has 0 radical (unpaired) electrons. The summed E-state index contributed by atoms with van der Waals surface area (Å²) in [5, 5.41) is 13.8. The summed E-state index contributed by atoms with van der Waals surface area (Å²) in [5.41, 5.74) is -1.18. The number of hydrogen-bond acceptors (Lipinski definition) is 4. The Labute approximate surface area is 119 Å². The third kappa shape index (κ3) is 5.07. The van der Waals surface area contributed by atoms with Crippen LogP contribution in [0.1, 0.15) is 12.5 Å². The molecule has 0 unspecified atom stereocenters. The molecule has 0 spiro atoms. The van der Waals surface area contributed by atoms with Gasteiger partial charge in [-0.2, -0.15) is 13.2 Å². The van der Waals surface area contributed by atoms with E-state index in [0.717, 1.165) is 18.7 Å². The molecule has 0 bridgehead atoms. The first kappa shape index (κ1) is 17.0. The van der Waals surface area contributed by atoms with Crippen LogP contribution in [0.4, 0.5) is 18.9 Å². The Kier molecular flexibility index (Phi) is 5.71. The molecular formula is C13H15F3N2O3. The van der Waals surface area contributed by atoms with Crippen LogP contribution < -0.4 is 10.1 Å². The molecule has 1 aromatic carbocycles. The predicted molar refractivity (Wildman–Crippen MR) is 71.3 cm³/mol. The molecular weight excluding hydrogens is 289 g/mol. The van der Waals surface area contributed by atoms with Gasteiger partial charge in [-0.25, -0.2) is 0 Å². The second-order valence-electron chi connectivity index (χ2n) is 4.26. The standard InChI is InChI=1S/C13H15F3N2O3/c1-3-17-7-9(2)8-21-12-5-4-10(13(14,15)16)6-11(12)18(19)20/h4-6,17H,2-3,7-8H2,1H3. The van der Waals surface area contributed by atoms with E-state index in [0.29, 0.717) is 18.2 Å². The van der Waals surface area contributed by atoms with Gasteiger partial charge in [-0.05, 0) is 24.3 Å². The molecule has 0 saturated carbocycles. The average Bonchev–Trinajstić information content (AvgIpc) is 2.41. The number of nitro benzene ring substituents is 1. The minimum atomic E-state index is -4.64. The molecule has 8 heteroatoms. The highest BCUT2D eigenvalue weighted by Crippen LogP contribution is 2.36. The fourth-order valence-corrected chi connectivity index (χ4v) is 1.49. The Hall–Kier alpha value is -2.09. The zero-order valence-electron chi connectivity index (χ0n) is 11.4. The van der Waals surface area contributed by atoms with Crippen LogP contribution >= 0.6 is 0 Å². The highest BCUT2D eigenvalue weighted by molar-refractivity contribution is 5.49. The van der Waals surface area contributed by atoms with E-state index in [9.17, 15) is 23.3 Å². The Morgan fingerprint density at radius 3 is 2.67 bits per heavy atom. The quantitative estimate of drug-likeness (QED) is 0.477. The molecule has 21 heavy (non-hydrogen) atoms. The van der Waals surface area contributed by atoms with Crippen LogP contribution in [0.5, 0.6) is 5.75 Å². The monoisotopic (exact) mass is 304 g/mol. The summed E-state index contributed by atoms with van der Waals surface area (Å²) >= 11 is 0. The first-order chi connectivity index (χ1) is 9.75. The third-order valence-electron chi connectivity index (χ3n) is 2.54. The smallest absolute Gasteiger partial charge is 0.416 e. The maximum absolute atomic E-state index is 12.5. The van der Waals surface area contributed by atoms with Gasteiger partial charge in [0.05, 0.1) is 10.5 Å². The molecule has 0 heterocycles. The zero-order valence-corrected chi connectivity index (χ0v) is 11.4. The summed E-state index contributed by atoms with van der Waals surface area (Å²) in [6.45, 7) is 6.77. The predicted octanol–water partition coefficient (Wildman–Crippen LogP) is 3.16. The Bertz CT molecular complexity index is 530. The van der Waals surface area contributed by atoms with Crippen molar-refractivity contribution in [2.24, 2.45) is 0 Å². The van der Waals surface area contributed by atoms with Gasteiger partial charge in [0.25, 0.3) is 0 Å². The van der Waals surface area contributed by atoms with Gasteiger partial charge in [0.1, 0.15) is 6.61 Å². The minimum Gasteiger partial charge on any atom is -0.482 e. The normalized spacial score (nSPS) is 11.2. The van der Waals surface area contributed by atoms with Gasteiger partial charge in [0, 0.05) is 12.6 Å². The maximum atomic E-state index is 12.5. The molecule has 1 aromatic rings. The molecule has 0 fully saturated rings. The SMILES string of the molecule is C=C(CNCC)COc1ccc(C(F)(F)F)cc1[N+](=O)[O-]. The van der Waals surface area contributed by atoms with E-state index < -0.39 is 22.4 Å². The van der Waals surface area contributed by atoms with Gasteiger partial charge in [-0.3, -0.25) is 10.1 Å². The van der Waals surface area contributed by atoms with E-state index in [2.05, 4.69) is 11.9 Å². The van der Waals surface area contributed by atoms with Crippen molar-refractivity contribution in [3.8, 4) is 5.75 Å². The summed E-state index contributed by atoms with van der Waals surface area (Å²) < 4.78 is 42.8. The van der Waals surface area contributed by atoms with Crippen LogP contribution in [0.2, 0.25) is 0 Å². The van der Waals surface area contributed by atoms with Crippen LogP contribution in [0, 0.1) is 10.1 Å². The van der Waals surface area contributed by atoms with Crippen LogP contribution in [0.3, 0.4) is 0 Å². The largest absolute Gasteiger partial charge is 0.482 e. The number of ether oxygens (including phenoxy) is 1. The first-order valence-corrected chi connectivity index (χ1v) is 6.11. The zero-order chi connectivity index (χ0) is 16.0. The van der Waals surface area contributed by atoms with Crippen LogP contribution in [-0.4, -0.2) is 24.6 Å². The Morgan fingerprint density at radius 1 is 1.48 bits per heavy atom. The summed E-state index contributed by atoms with van der Waals surface area (Å²) in [6.07, 6.45) is -4.64. The molecule has 1 rings (SSSR count). The molecule has 0 saturated heterocycles. The molecule has 0 atom stereocenters. The number of rotatable bonds is 7. The Balaban J connectivity index is 2.87. The fourth-order valence-electron chi connectivity index (χ4n) is 1.49. The number of halogens is 3. The van der Waals surface area contributed by atoms with Crippen molar-refractivity contribution in [1.82, 2.24) is 5.32 Å². The number of likely N-dealkylation sites (N-methyl/N-ethyl adjacent to an activating group) is 1. The van der Waals surface area contributed by atoms with E-state index in [1.165, 1.54) is 0 Å². The van der Waals surface area contributed by atoms with Gasteiger partial charge in [-0.15, -0.1) is 0 Å². The number of benzene rings is 1. The van der Waals surface area contributed by atoms with E-state index >= 15 is 0 Å². The van der Waals surface area contributed by atoms with Gasteiger partial charge in [0.15, 0.2) is 5.75 Å². The van der Waals surface area contributed by atoms with Crippen molar-refractivity contribution in [3.63, 3.8) is 0 Å². The lowest BCUT2D eigenvalue weighted by molar-refractivity contribution is -0.386. The molecule has 116 valence electrons. The van der Waals surface area contributed by atoms with E-state index in [1.54, 1.807) is 0 Å². The lowest BCUT2D eigenvalue weighted by atomic mass is 10.2. The van der Waals surface area contributed by atoms with Gasteiger partial charge in [-0.1, -0.05) is 13.5 Å². The molecule has 0 aliphatic heterocycles. The second kappa shape index (κ2) is 7.07. The number of nitro groups is 1. The van der Waals surface area contributed by atoms with Gasteiger partial charge >= 0.3 is 11.9 Å². The minimum absolute atomic E-state index is 0.0147. The number of nitrogens with one attached hydrogen (secondary N) is 1. The van der Waals surface area contributed by atoms with Crippen molar-refractivity contribution in [1.29, 1.82) is 0 Å². The molecule has 0 aliphatic rings. The molecule has 1 N–H and O–H groups in total. The first-order valence-electron chi connectivity index (χ1n) is 6.11. The highest BCUT2D eigenvalue weighted by atomic mass is 19.4. The Morgan fingerprint density at radius 2 is 2.14 bits per heavy atom. The average molecular weight is 304 g/mol. The van der Waals surface area contributed by atoms with Crippen molar-refractivity contribution in [2.75, 3.05) is 19.7 Å². The number of nitrogens with zero attached hydrogens (tertiary/aromatic N) is 1. The van der Waals surface area contributed by atoms with Crippen LogP contribution in [0.25, 0.3) is 0 Å². The molecule has 5 nitrogen and oxygen atoms in total. The van der Waals surface area contributed by atoms with Crippen LogP contribution in [0.15, 0.2) is 30.4 Å². The number of hydrogen-bond donors (Lipinski definition) is 1. The van der Waals surface area contributed by atoms with Crippen molar-refractivity contribution in [3.05, 3.63) is 46.0 Å². The maximum Gasteiger partial charge on any atom is 0.416 e. The van der Waals surface area contributed by atoms with Crippen molar-refractivity contribution >= 4 is 5.69 Å². The van der Waals surface area contributed by atoms with Crippen molar-refractivity contribution < 1.29 is 22.8 Å². The molecule has 0 aromatic heterocycles. The van der Waals surface area contributed by atoms with E-state index in [-0.39, 0.29) is 12.4 Å². The lowest BCUT2D eigenvalue weighted by Gasteiger charge is -2.11. The van der Waals surface area contributed by atoms with Crippen molar-refractivity contribution in [2.45, 2.75) is 13.1 Å². The van der Waals surface area contributed by atoms with Crippen LogP contribution in [-0.2, 0) is 6.18 Å². The summed E-state index contributed by atoms with van der Waals surface area (Å²) in [5.74, 6) is -0.217.